The number of nitrogens with zero attached hydrogens (tertiary/aromatic N) is 6. The number of carbonyl (C=O) groups excluding carboxylic acids is 1. The van der Waals surface area contributed by atoms with E-state index in [1.54, 1.807) is 7.11 Å². The van der Waals surface area contributed by atoms with Crippen molar-refractivity contribution in [1.29, 1.82) is 0 Å². The summed E-state index contributed by atoms with van der Waals surface area (Å²) in [5.41, 5.74) is 12.2. The number of benzene rings is 3. The van der Waals surface area contributed by atoms with Gasteiger partial charge in [0.25, 0.3) is 5.91 Å². The number of carbonyl (C=O) groups is 1. The highest BCUT2D eigenvalue weighted by Gasteiger charge is 2.27. The summed E-state index contributed by atoms with van der Waals surface area (Å²) in [5.74, 6) is 2.13. The van der Waals surface area contributed by atoms with Gasteiger partial charge in [0.2, 0.25) is 0 Å². The number of piperidine rings is 1. The van der Waals surface area contributed by atoms with Crippen LogP contribution in [0.25, 0.3) is 39.1 Å². The van der Waals surface area contributed by atoms with Crippen molar-refractivity contribution in [2.75, 3.05) is 26.8 Å². The summed E-state index contributed by atoms with van der Waals surface area (Å²) in [5, 5.41) is 6.09. The number of aromatic nitrogens is 5. The van der Waals surface area contributed by atoms with Crippen LogP contribution in [0.15, 0.2) is 79.0 Å². The number of likely N-dealkylation sites (tertiary alicyclic amines) is 1. The first kappa shape index (κ1) is 27.5. The monoisotopic (exact) mass is 601 g/mol. The molecule has 1 saturated heterocycles. The van der Waals surface area contributed by atoms with E-state index in [2.05, 4.69) is 39.5 Å². The van der Waals surface area contributed by atoms with Gasteiger partial charge in [0.05, 0.1) is 37.2 Å². The number of hydrogen-bond acceptors (Lipinski definition) is 6. The maximum Gasteiger partial charge on any atom is 0.254 e. The van der Waals surface area contributed by atoms with Gasteiger partial charge in [-0.05, 0) is 61.7 Å². The van der Waals surface area contributed by atoms with Crippen LogP contribution in [-0.4, -0.2) is 67.6 Å². The second-order valence-corrected chi connectivity index (χ2v) is 11.9. The largest absolute Gasteiger partial charge is 0.494 e. The summed E-state index contributed by atoms with van der Waals surface area (Å²) in [6.07, 6.45) is 4.59. The van der Waals surface area contributed by atoms with Crippen molar-refractivity contribution in [3.05, 3.63) is 90.3 Å². The van der Waals surface area contributed by atoms with Crippen LogP contribution in [0.4, 0.5) is 0 Å². The standard InChI is InChI=1S/C35H35N7O3/c1-44-32-20-24(35(43)39-14-6-9-25(36)21-39)18-27-33(32)41-22-26-13-16-42(38-26)29-11-4-5-12-31(29)45-17-7-15-40-28-10-3-2-8-23(28)19-30(40)34(41)37-27/h2-5,8,10-13,16,18-20,25H,6-7,9,14-15,17,21-22,36H2,1H3/t25-/m1/s1. The van der Waals surface area contributed by atoms with Gasteiger partial charge in [0.1, 0.15) is 22.7 Å². The fourth-order valence-corrected chi connectivity index (χ4v) is 6.79. The third kappa shape index (κ3) is 4.82. The van der Waals surface area contributed by atoms with Gasteiger partial charge in [-0.2, -0.15) is 5.10 Å². The molecule has 10 nitrogen and oxygen atoms in total. The topological polar surface area (TPSA) is 105 Å². The number of imidazole rings is 1. The summed E-state index contributed by atoms with van der Waals surface area (Å²) in [6.45, 7) is 2.99. The molecule has 3 aromatic carbocycles. The van der Waals surface area contributed by atoms with E-state index >= 15 is 0 Å². The fourth-order valence-electron chi connectivity index (χ4n) is 6.79. The Morgan fingerprint density at radius 3 is 2.76 bits per heavy atom. The van der Waals surface area contributed by atoms with Gasteiger partial charge in [-0.1, -0.05) is 30.3 Å². The van der Waals surface area contributed by atoms with E-state index in [0.29, 0.717) is 43.1 Å². The molecule has 6 aromatic rings. The van der Waals surface area contributed by atoms with Gasteiger partial charge in [-0.15, -0.1) is 0 Å². The minimum atomic E-state index is -0.0497. The van der Waals surface area contributed by atoms with Crippen LogP contribution in [0.3, 0.4) is 0 Å². The first-order valence-electron chi connectivity index (χ1n) is 15.6. The number of hydrogen-bond donors (Lipinski definition) is 1. The predicted molar refractivity (Wildman–Crippen MR) is 173 cm³/mol. The van der Waals surface area contributed by atoms with Crippen molar-refractivity contribution < 1.29 is 14.3 Å². The fraction of sp³-hybridized carbons (Fsp3) is 0.286. The molecule has 228 valence electrons. The Morgan fingerprint density at radius 1 is 1.00 bits per heavy atom. The number of fused-ring (bicyclic) bond motifs is 11. The molecule has 2 N–H and O–H groups in total. The molecule has 2 aliphatic rings. The van der Waals surface area contributed by atoms with Crippen molar-refractivity contribution in [2.45, 2.75) is 38.4 Å². The third-order valence-corrected chi connectivity index (χ3v) is 8.92. The molecule has 45 heavy (non-hydrogen) atoms. The van der Waals surface area contributed by atoms with E-state index in [1.165, 1.54) is 0 Å². The zero-order chi connectivity index (χ0) is 30.5. The number of nitrogens with two attached hydrogens (primary N) is 1. The molecule has 8 rings (SSSR count). The number of amides is 1. The molecule has 1 amide bonds. The number of aryl methyl sites for hydroxylation is 1. The van der Waals surface area contributed by atoms with Crippen LogP contribution in [0.5, 0.6) is 11.5 Å². The van der Waals surface area contributed by atoms with Gasteiger partial charge >= 0.3 is 0 Å². The maximum absolute atomic E-state index is 13.7. The Bertz CT molecular complexity index is 2060. The van der Waals surface area contributed by atoms with Crippen molar-refractivity contribution in [3.63, 3.8) is 0 Å². The van der Waals surface area contributed by atoms with Gasteiger partial charge < -0.3 is 29.2 Å². The molecule has 1 atom stereocenters. The summed E-state index contributed by atoms with van der Waals surface area (Å²) in [7, 11) is 1.64. The molecule has 1 fully saturated rings. The Labute approximate surface area is 260 Å². The van der Waals surface area contributed by atoms with Crippen LogP contribution in [0, 0.1) is 0 Å². The zero-order valence-corrected chi connectivity index (χ0v) is 25.2. The van der Waals surface area contributed by atoms with Crippen LogP contribution < -0.4 is 15.2 Å². The predicted octanol–water partition coefficient (Wildman–Crippen LogP) is 5.25. The number of methoxy groups -OCH3 is 1. The van der Waals surface area contributed by atoms with E-state index in [9.17, 15) is 4.79 Å². The number of ether oxygens (including phenoxy) is 2. The van der Waals surface area contributed by atoms with E-state index < -0.39 is 0 Å². The average molecular weight is 602 g/mol. The second-order valence-electron chi connectivity index (χ2n) is 11.9. The molecule has 10 heteroatoms. The second kappa shape index (κ2) is 11.1. The molecule has 2 aliphatic heterocycles. The molecule has 3 aromatic heterocycles. The summed E-state index contributed by atoms with van der Waals surface area (Å²) in [4.78, 5) is 20.8. The van der Waals surface area contributed by atoms with Crippen LogP contribution in [0.2, 0.25) is 0 Å². The lowest BCUT2D eigenvalue weighted by Crippen LogP contribution is -2.45. The maximum atomic E-state index is 13.7. The smallest absolute Gasteiger partial charge is 0.254 e. The Kier molecular flexibility index (Phi) is 6.79. The third-order valence-electron chi connectivity index (χ3n) is 8.92. The molecule has 0 spiro atoms. The first-order valence-corrected chi connectivity index (χ1v) is 15.6. The van der Waals surface area contributed by atoms with Gasteiger partial charge in [0, 0.05) is 48.3 Å². The summed E-state index contributed by atoms with van der Waals surface area (Å²) in [6, 6.07) is 24.3. The van der Waals surface area contributed by atoms with Gasteiger partial charge in [0.15, 0.2) is 5.82 Å². The molecule has 0 aliphatic carbocycles. The average Bonchev–Trinajstić information content (AvgIpc) is 3.78. The van der Waals surface area contributed by atoms with Crippen molar-refractivity contribution in [3.8, 4) is 28.7 Å². The highest BCUT2D eigenvalue weighted by Crippen LogP contribution is 2.36. The lowest BCUT2D eigenvalue weighted by Gasteiger charge is -2.30. The van der Waals surface area contributed by atoms with Crippen LogP contribution >= 0.6 is 0 Å². The van der Waals surface area contributed by atoms with Gasteiger partial charge in [-0.3, -0.25) is 4.79 Å². The Morgan fingerprint density at radius 2 is 1.87 bits per heavy atom. The quantitative estimate of drug-likeness (QED) is 0.291. The Hall–Kier alpha value is -5.09. The molecule has 0 radical (unpaired) electrons. The van der Waals surface area contributed by atoms with Crippen molar-refractivity contribution >= 4 is 27.8 Å². The van der Waals surface area contributed by atoms with Crippen molar-refractivity contribution in [2.24, 2.45) is 5.73 Å². The van der Waals surface area contributed by atoms with E-state index in [0.717, 1.165) is 70.9 Å². The molecule has 2 bridgehead atoms. The normalized spacial score (nSPS) is 16.8. The molecule has 5 heterocycles. The SMILES string of the molecule is COc1cc(C(=O)N2CCC[C@@H](N)C2)cc2nc3n(c12)Cc1ccn(n1)-c1ccccc1OCCCn1c-3cc2ccccc21. The lowest BCUT2D eigenvalue weighted by molar-refractivity contribution is 0.0708. The van der Waals surface area contributed by atoms with Crippen molar-refractivity contribution in [1.82, 2.24) is 28.8 Å². The van der Waals surface area contributed by atoms with Gasteiger partial charge in [-0.25, -0.2) is 9.67 Å². The summed E-state index contributed by atoms with van der Waals surface area (Å²) < 4.78 is 18.6. The molecule has 0 unspecified atom stereocenters. The zero-order valence-electron chi connectivity index (χ0n) is 25.2. The summed E-state index contributed by atoms with van der Waals surface area (Å²) >= 11 is 0. The first-order chi connectivity index (χ1) is 22.1. The van der Waals surface area contributed by atoms with E-state index in [-0.39, 0.29) is 11.9 Å². The minimum absolute atomic E-state index is 0.00531. The lowest BCUT2D eigenvalue weighted by atomic mass is 10.0. The minimum Gasteiger partial charge on any atom is -0.494 e. The Balaban J connectivity index is 1.33. The van der Waals surface area contributed by atoms with Crippen LogP contribution in [-0.2, 0) is 13.1 Å². The van der Waals surface area contributed by atoms with E-state index in [1.807, 2.05) is 58.2 Å². The van der Waals surface area contributed by atoms with Crippen LogP contribution in [0.1, 0.15) is 35.3 Å². The van der Waals surface area contributed by atoms with E-state index in [4.69, 9.17) is 25.3 Å². The number of para-hydroxylation sites is 3. The highest BCUT2D eigenvalue weighted by molar-refractivity contribution is 6.00. The number of rotatable bonds is 2. The highest BCUT2D eigenvalue weighted by atomic mass is 16.5. The molecule has 0 saturated carbocycles. The molecular formula is C35H35N7O3. The molecular weight excluding hydrogens is 566 g/mol.